The molecule has 10 heteroatoms. The molecule has 1 atom stereocenters. The van der Waals surface area contributed by atoms with Gasteiger partial charge in [-0.05, 0) is 32.0 Å². The van der Waals surface area contributed by atoms with Gasteiger partial charge in [-0.1, -0.05) is 0 Å². The molecule has 4 N–H and O–H groups in total. The number of anilines is 2. The molecule has 3 aromatic rings. The predicted octanol–water partition coefficient (Wildman–Crippen LogP) is 2.55. The lowest BCUT2D eigenvalue weighted by atomic mass is 10.0. The van der Waals surface area contributed by atoms with Crippen molar-refractivity contribution in [3.05, 3.63) is 47.2 Å². The van der Waals surface area contributed by atoms with Crippen molar-refractivity contribution < 1.29 is 13.9 Å². The average Bonchev–Trinajstić information content (AvgIpc) is 2.73. The fourth-order valence-electron chi connectivity index (χ4n) is 3.06. The number of hydrogen-bond donors (Lipinski definition) is 3. The first-order valence-electron chi connectivity index (χ1n) is 9.16. The van der Waals surface area contributed by atoms with E-state index in [1.54, 1.807) is 13.8 Å². The van der Waals surface area contributed by atoms with Gasteiger partial charge in [0.05, 0.1) is 23.7 Å². The predicted molar refractivity (Wildman–Crippen MR) is 109 cm³/mol. The molecule has 30 heavy (non-hydrogen) atoms. The Bertz CT molecular complexity index is 1160. The molecule has 0 spiro atoms. The molecule has 0 radical (unpaired) electrons. The van der Waals surface area contributed by atoms with Crippen LogP contribution in [0.1, 0.15) is 41.5 Å². The zero-order valence-electron chi connectivity index (χ0n) is 16.7. The minimum Gasteiger partial charge on any atom is -0.491 e. The topological polar surface area (TPSA) is 139 Å². The number of nitrogen functional groups attached to an aromatic ring is 1. The van der Waals surface area contributed by atoms with Crippen LogP contribution in [0.3, 0.4) is 0 Å². The fourth-order valence-corrected chi connectivity index (χ4v) is 3.06. The minimum atomic E-state index is -0.536. The molecule has 0 saturated carbocycles. The lowest BCUT2D eigenvalue weighted by Crippen LogP contribution is -2.22. The number of halogens is 1. The molecule has 0 aliphatic carbocycles. The molecular weight excluding hydrogens is 389 g/mol. The average molecular weight is 409 g/mol. The maximum Gasteiger partial charge on any atom is 0.255 e. The Kier molecular flexibility index (Phi) is 5.92. The van der Waals surface area contributed by atoms with E-state index in [2.05, 4.69) is 25.6 Å². The van der Waals surface area contributed by atoms with Crippen LogP contribution in [-0.2, 0) is 0 Å². The van der Waals surface area contributed by atoms with Gasteiger partial charge in [0, 0.05) is 12.4 Å². The highest BCUT2D eigenvalue weighted by atomic mass is 19.1. The van der Waals surface area contributed by atoms with Crippen LogP contribution >= 0.6 is 0 Å². The number of carbonyl (C=O) groups excluding carboxylic acids is 1. The number of benzene rings is 1. The smallest absolute Gasteiger partial charge is 0.255 e. The third-order valence-electron chi connectivity index (χ3n) is 4.42. The molecular formula is C20H20FN7O2. The van der Waals surface area contributed by atoms with Crippen LogP contribution in [-0.4, -0.2) is 34.5 Å². The first-order chi connectivity index (χ1) is 14.4. The largest absolute Gasteiger partial charge is 0.491 e. The van der Waals surface area contributed by atoms with Gasteiger partial charge in [0.1, 0.15) is 41.1 Å². The molecule has 0 aliphatic rings. The van der Waals surface area contributed by atoms with Gasteiger partial charge >= 0.3 is 0 Å². The maximum absolute atomic E-state index is 13.9. The first-order valence-corrected chi connectivity index (χ1v) is 9.16. The molecule has 1 amide bonds. The number of nitrogens with one attached hydrogen (secondary N) is 2. The zero-order chi connectivity index (χ0) is 21.8. The van der Waals surface area contributed by atoms with Crippen molar-refractivity contribution in [2.75, 3.05) is 24.7 Å². The number of ether oxygens (including phenoxy) is 1. The standard InChI is InChI=1S/C20H20FN7O2/c1-4-30-17-15(20(29)24-3)12-7-11(21)5-6-14(12)28-16(17)10(2)27-19-13(8-22)18(23)25-9-26-19/h5-7,9-10H,4H2,1-3H3,(H,24,29)(H3,23,25,26,27)/t10-/m0/s1. The quantitative estimate of drug-likeness (QED) is 0.564. The van der Waals surface area contributed by atoms with Gasteiger partial charge < -0.3 is 21.1 Å². The van der Waals surface area contributed by atoms with E-state index >= 15 is 0 Å². The van der Waals surface area contributed by atoms with Crippen molar-refractivity contribution in [1.82, 2.24) is 20.3 Å². The molecule has 9 nitrogen and oxygen atoms in total. The van der Waals surface area contributed by atoms with E-state index in [0.29, 0.717) is 16.6 Å². The molecule has 0 bridgehead atoms. The second-order valence-electron chi connectivity index (χ2n) is 6.34. The lowest BCUT2D eigenvalue weighted by molar-refractivity contribution is 0.0960. The third kappa shape index (κ3) is 3.77. The second-order valence-corrected chi connectivity index (χ2v) is 6.34. The number of nitrogens with two attached hydrogens (primary N) is 1. The summed E-state index contributed by atoms with van der Waals surface area (Å²) in [5, 5.41) is 15.3. The van der Waals surface area contributed by atoms with E-state index in [-0.39, 0.29) is 35.1 Å². The normalized spacial score (nSPS) is 11.6. The van der Waals surface area contributed by atoms with Crippen LogP contribution in [0.2, 0.25) is 0 Å². The number of nitriles is 1. The van der Waals surface area contributed by atoms with Gasteiger partial charge in [-0.25, -0.2) is 19.3 Å². The van der Waals surface area contributed by atoms with Gasteiger partial charge in [0.15, 0.2) is 5.75 Å². The van der Waals surface area contributed by atoms with Crippen molar-refractivity contribution in [3.63, 3.8) is 0 Å². The first kappa shape index (κ1) is 20.7. The molecule has 0 unspecified atom stereocenters. The van der Waals surface area contributed by atoms with Crippen LogP contribution in [0.5, 0.6) is 5.75 Å². The van der Waals surface area contributed by atoms with Gasteiger partial charge in [0.25, 0.3) is 5.91 Å². The van der Waals surface area contributed by atoms with Gasteiger partial charge in [-0.15, -0.1) is 0 Å². The summed E-state index contributed by atoms with van der Waals surface area (Å²) in [5.41, 5.74) is 6.84. The maximum atomic E-state index is 13.9. The van der Waals surface area contributed by atoms with Crippen molar-refractivity contribution in [2.24, 2.45) is 0 Å². The molecule has 154 valence electrons. The number of pyridine rings is 1. The Labute approximate surface area is 172 Å². The number of fused-ring (bicyclic) bond motifs is 1. The highest BCUT2D eigenvalue weighted by Gasteiger charge is 2.25. The fraction of sp³-hybridized carbons (Fsp3) is 0.250. The molecule has 0 aliphatic heterocycles. The summed E-state index contributed by atoms with van der Waals surface area (Å²) in [7, 11) is 1.48. The summed E-state index contributed by atoms with van der Waals surface area (Å²) in [4.78, 5) is 25.2. The highest BCUT2D eigenvalue weighted by Crippen LogP contribution is 2.35. The second kappa shape index (κ2) is 8.57. The van der Waals surface area contributed by atoms with Crippen molar-refractivity contribution >= 4 is 28.4 Å². The molecule has 0 fully saturated rings. The summed E-state index contributed by atoms with van der Waals surface area (Å²) in [6.45, 7) is 3.80. The summed E-state index contributed by atoms with van der Waals surface area (Å²) in [6, 6.07) is 5.44. The van der Waals surface area contributed by atoms with Crippen LogP contribution < -0.4 is 21.1 Å². The van der Waals surface area contributed by atoms with Crippen LogP contribution in [0.4, 0.5) is 16.0 Å². The van der Waals surface area contributed by atoms with Gasteiger partial charge in [0.2, 0.25) is 0 Å². The summed E-state index contributed by atoms with van der Waals surface area (Å²) >= 11 is 0. The monoisotopic (exact) mass is 409 g/mol. The van der Waals surface area contributed by atoms with Gasteiger partial charge in [-0.2, -0.15) is 5.26 Å². The number of carbonyl (C=O) groups is 1. The Morgan fingerprint density at radius 2 is 2.17 bits per heavy atom. The van der Waals surface area contributed by atoms with Crippen LogP contribution in [0.25, 0.3) is 10.9 Å². The molecule has 2 aromatic heterocycles. The Morgan fingerprint density at radius 3 is 2.83 bits per heavy atom. The third-order valence-corrected chi connectivity index (χ3v) is 4.42. The Balaban J connectivity index is 2.21. The van der Waals surface area contributed by atoms with E-state index in [4.69, 9.17) is 10.5 Å². The van der Waals surface area contributed by atoms with E-state index in [1.807, 2.05) is 6.07 Å². The molecule has 3 rings (SSSR count). The number of hydrogen-bond acceptors (Lipinski definition) is 8. The van der Waals surface area contributed by atoms with Crippen molar-refractivity contribution in [1.29, 1.82) is 5.26 Å². The molecule has 0 saturated heterocycles. The lowest BCUT2D eigenvalue weighted by Gasteiger charge is -2.21. The SMILES string of the molecule is CCOc1c([C@H](C)Nc2ncnc(N)c2C#N)nc2ccc(F)cc2c1C(=O)NC. The summed E-state index contributed by atoms with van der Waals surface area (Å²) in [5.74, 6) is -0.446. The Hall–Kier alpha value is -4.00. The van der Waals surface area contributed by atoms with E-state index in [9.17, 15) is 14.4 Å². The molecule has 2 heterocycles. The van der Waals surface area contributed by atoms with Crippen LogP contribution in [0.15, 0.2) is 24.5 Å². The summed E-state index contributed by atoms with van der Waals surface area (Å²) in [6.07, 6.45) is 1.24. The number of amides is 1. The number of aromatic nitrogens is 3. The number of rotatable bonds is 6. The minimum absolute atomic E-state index is 0.0419. The number of nitrogens with zero attached hydrogens (tertiary/aromatic N) is 4. The zero-order valence-corrected chi connectivity index (χ0v) is 16.7. The Morgan fingerprint density at radius 1 is 1.40 bits per heavy atom. The van der Waals surface area contributed by atoms with E-state index < -0.39 is 17.8 Å². The van der Waals surface area contributed by atoms with E-state index in [1.165, 1.54) is 31.6 Å². The highest BCUT2D eigenvalue weighted by molar-refractivity contribution is 6.08. The van der Waals surface area contributed by atoms with Crippen molar-refractivity contribution in [3.8, 4) is 11.8 Å². The van der Waals surface area contributed by atoms with Gasteiger partial charge in [-0.3, -0.25) is 4.79 Å². The molecule has 1 aromatic carbocycles. The van der Waals surface area contributed by atoms with Crippen molar-refractivity contribution in [2.45, 2.75) is 19.9 Å². The van der Waals surface area contributed by atoms with Crippen LogP contribution in [0, 0.1) is 17.1 Å². The van der Waals surface area contributed by atoms with E-state index in [0.717, 1.165) is 0 Å². The summed E-state index contributed by atoms with van der Waals surface area (Å²) < 4.78 is 19.7.